The van der Waals surface area contributed by atoms with E-state index in [0.717, 1.165) is 18.7 Å². The van der Waals surface area contributed by atoms with Gasteiger partial charge < -0.3 is 11.1 Å². The van der Waals surface area contributed by atoms with Crippen LogP contribution in [0.15, 0.2) is 18.5 Å². The Kier molecular flexibility index (Phi) is 3.84. The van der Waals surface area contributed by atoms with Crippen LogP contribution in [-0.4, -0.2) is 32.0 Å². The number of hydrogen-bond donors (Lipinski definition) is 2. The Morgan fingerprint density at radius 3 is 2.89 bits per heavy atom. The maximum Gasteiger partial charge on any atom is 0.271 e. The molecule has 0 aliphatic heterocycles. The van der Waals surface area contributed by atoms with E-state index in [1.807, 2.05) is 23.9 Å². The predicted molar refractivity (Wildman–Crippen MR) is 71.5 cm³/mol. The first-order chi connectivity index (χ1) is 9.08. The molecule has 0 spiro atoms. The van der Waals surface area contributed by atoms with E-state index in [9.17, 15) is 4.79 Å². The molecule has 0 aliphatic carbocycles. The second kappa shape index (κ2) is 5.55. The van der Waals surface area contributed by atoms with Gasteiger partial charge in [0.05, 0.1) is 17.6 Å². The summed E-state index contributed by atoms with van der Waals surface area (Å²) in [5, 5.41) is 11.0. The minimum Gasteiger partial charge on any atom is -0.396 e. The van der Waals surface area contributed by atoms with Crippen LogP contribution in [0.1, 0.15) is 22.6 Å². The van der Waals surface area contributed by atoms with E-state index < -0.39 is 0 Å². The molecule has 0 aromatic carbocycles. The maximum absolute atomic E-state index is 11.9. The minimum absolute atomic E-state index is 0.200. The average Bonchev–Trinajstić information content (AvgIpc) is 2.91. The van der Waals surface area contributed by atoms with E-state index in [-0.39, 0.29) is 5.91 Å². The third-order valence-electron chi connectivity index (χ3n) is 2.81. The van der Waals surface area contributed by atoms with Gasteiger partial charge in [-0.15, -0.1) is 0 Å². The van der Waals surface area contributed by atoms with Gasteiger partial charge in [-0.25, -0.2) is 0 Å². The van der Waals surface area contributed by atoms with Crippen molar-refractivity contribution in [1.82, 2.24) is 24.9 Å². The quantitative estimate of drug-likeness (QED) is 0.760. The highest BCUT2D eigenvalue weighted by Gasteiger charge is 2.13. The zero-order valence-electron chi connectivity index (χ0n) is 11.1. The van der Waals surface area contributed by atoms with Crippen LogP contribution in [0.4, 0.5) is 5.69 Å². The summed E-state index contributed by atoms with van der Waals surface area (Å²) < 4.78 is 3.33. The third-order valence-corrected chi connectivity index (χ3v) is 2.81. The van der Waals surface area contributed by atoms with Crippen molar-refractivity contribution in [3.63, 3.8) is 0 Å². The van der Waals surface area contributed by atoms with Crippen LogP contribution in [0.25, 0.3) is 0 Å². The fourth-order valence-corrected chi connectivity index (χ4v) is 1.85. The Morgan fingerprint density at radius 2 is 2.32 bits per heavy atom. The molecule has 0 radical (unpaired) electrons. The molecule has 19 heavy (non-hydrogen) atoms. The minimum atomic E-state index is -0.200. The first-order valence-electron chi connectivity index (χ1n) is 6.13. The van der Waals surface area contributed by atoms with Crippen molar-refractivity contribution in [2.75, 3.05) is 12.3 Å². The molecular formula is C12H18N6O. The molecule has 2 aromatic heterocycles. The summed E-state index contributed by atoms with van der Waals surface area (Å²) in [6, 6.07) is 1.95. The smallest absolute Gasteiger partial charge is 0.271 e. The Morgan fingerprint density at radius 1 is 1.53 bits per heavy atom. The normalized spacial score (nSPS) is 10.6. The first-order valence-corrected chi connectivity index (χ1v) is 6.13. The number of aryl methyl sites for hydroxylation is 3. The third kappa shape index (κ3) is 3.12. The van der Waals surface area contributed by atoms with Crippen molar-refractivity contribution in [2.24, 2.45) is 7.05 Å². The van der Waals surface area contributed by atoms with E-state index in [2.05, 4.69) is 15.5 Å². The number of carbonyl (C=O) groups is 1. The van der Waals surface area contributed by atoms with Gasteiger partial charge in [0.2, 0.25) is 0 Å². The highest BCUT2D eigenvalue weighted by Crippen LogP contribution is 2.08. The van der Waals surface area contributed by atoms with Crippen molar-refractivity contribution in [2.45, 2.75) is 19.9 Å². The van der Waals surface area contributed by atoms with Crippen molar-refractivity contribution < 1.29 is 4.79 Å². The lowest BCUT2D eigenvalue weighted by atomic mass is 10.3. The Bertz CT molecular complexity index is 551. The summed E-state index contributed by atoms with van der Waals surface area (Å²) in [5.41, 5.74) is 7.46. The van der Waals surface area contributed by atoms with E-state index in [1.165, 1.54) is 10.9 Å². The first kappa shape index (κ1) is 13.1. The van der Waals surface area contributed by atoms with Gasteiger partial charge in [-0.3, -0.25) is 14.2 Å². The molecule has 0 unspecified atom stereocenters. The van der Waals surface area contributed by atoms with E-state index in [4.69, 9.17) is 5.73 Å². The number of aromatic nitrogens is 4. The molecule has 102 valence electrons. The molecule has 3 N–H and O–H groups in total. The highest BCUT2D eigenvalue weighted by atomic mass is 16.2. The Balaban J connectivity index is 1.78. The zero-order chi connectivity index (χ0) is 13.8. The van der Waals surface area contributed by atoms with Gasteiger partial charge in [0, 0.05) is 26.3 Å². The number of nitrogens with zero attached hydrogens (tertiary/aromatic N) is 4. The summed E-state index contributed by atoms with van der Waals surface area (Å²) in [7, 11) is 1.69. The standard InChI is InChI=1S/C12H18N6O/c1-9-4-7-18(16-9)6-3-5-14-12(19)11-10(13)8-15-17(11)2/h4,7-8H,3,5-6,13H2,1-2H3,(H,14,19). The van der Waals surface area contributed by atoms with E-state index in [0.29, 0.717) is 17.9 Å². The molecule has 7 nitrogen and oxygen atoms in total. The van der Waals surface area contributed by atoms with Gasteiger partial charge in [-0.1, -0.05) is 0 Å². The van der Waals surface area contributed by atoms with Gasteiger partial charge >= 0.3 is 0 Å². The van der Waals surface area contributed by atoms with Crippen molar-refractivity contribution >= 4 is 11.6 Å². The Labute approximate surface area is 111 Å². The monoisotopic (exact) mass is 262 g/mol. The van der Waals surface area contributed by atoms with Crippen molar-refractivity contribution in [3.05, 3.63) is 29.8 Å². The van der Waals surface area contributed by atoms with E-state index >= 15 is 0 Å². The van der Waals surface area contributed by atoms with Crippen LogP contribution in [0.2, 0.25) is 0 Å². The highest BCUT2D eigenvalue weighted by molar-refractivity contribution is 5.97. The number of anilines is 1. The predicted octanol–water partition coefficient (Wildman–Crippen LogP) is 0.327. The largest absolute Gasteiger partial charge is 0.396 e. The molecule has 0 saturated heterocycles. The number of hydrogen-bond acceptors (Lipinski definition) is 4. The number of nitrogen functional groups attached to an aromatic ring is 1. The van der Waals surface area contributed by atoms with Crippen molar-refractivity contribution in [1.29, 1.82) is 0 Å². The molecule has 0 saturated carbocycles. The number of carbonyl (C=O) groups excluding carboxylic acids is 1. The molecular weight excluding hydrogens is 244 g/mol. The van der Waals surface area contributed by atoms with Crippen LogP contribution in [0.3, 0.4) is 0 Å². The fraction of sp³-hybridized carbons (Fsp3) is 0.417. The number of nitrogens with one attached hydrogen (secondary N) is 1. The fourth-order valence-electron chi connectivity index (χ4n) is 1.85. The molecule has 2 aromatic rings. The molecule has 0 fully saturated rings. The molecule has 1 amide bonds. The molecule has 7 heteroatoms. The summed E-state index contributed by atoms with van der Waals surface area (Å²) in [4.78, 5) is 11.9. The molecule has 0 aliphatic rings. The maximum atomic E-state index is 11.9. The van der Waals surface area contributed by atoms with Crippen LogP contribution in [-0.2, 0) is 13.6 Å². The van der Waals surface area contributed by atoms with Gasteiger partial charge in [0.25, 0.3) is 5.91 Å². The molecule has 2 rings (SSSR count). The lowest BCUT2D eigenvalue weighted by Crippen LogP contribution is -2.28. The zero-order valence-corrected chi connectivity index (χ0v) is 11.1. The molecule has 0 bridgehead atoms. The summed E-state index contributed by atoms with van der Waals surface area (Å²) in [6.07, 6.45) is 4.21. The van der Waals surface area contributed by atoms with Gasteiger partial charge in [-0.2, -0.15) is 10.2 Å². The topological polar surface area (TPSA) is 90.8 Å². The summed E-state index contributed by atoms with van der Waals surface area (Å²) in [6.45, 7) is 3.29. The molecule has 0 atom stereocenters. The number of rotatable bonds is 5. The second-order valence-electron chi connectivity index (χ2n) is 4.40. The van der Waals surface area contributed by atoms with Gasteiger partial charge in [0.1, 0.15) is 5.69 Å². The summed E-state index contributed by atoms with van der Waals surface area (Å²) >= 11 is 0. The Hall–Kier alpha value is -2.31. The second-order valence-corrected chi connectivity index (χ2v) is 4.40. The van der Waals surface area contributed by atoms with Crippen LogP contribution < -0.4 is 11.1 Å². The van der Waals surface area contributed by atoms with Gasteiger partial charge in [-0.05, 0) is 19.4 Å². The molecule has 2 heterocycles. The number of amides is 1. The van der Waals surface area contributed by atoms with Gasteiger partial charge in [0.15, 0.2) is 0 Å². The lowest BCUT2D eigenvalue weighted by molar-refractivity contribution is 0.0944. The average molecular weight is 262 g/mol. The SMILES string of the molecule is Cc1ccn(CCCNC(=O)c2c(N)cnn2C)n1. The summed E-state index contributed by atoms with van der Waals surface area (Å²) in [5.74, 6) is -0.200. The lowest BCUT2D eigenvalue weighted by Gasteiger charge is -2.06. The van der Waals surface area contributed by atoms with Crippen LogP contribution in [0, 0.1) is 6.92 Å². The number of nitrogens with two attached hydrogens (primary N) is 1. The van der Waals surface area contributed by atoms with Crippen LogP contribution in [0.5, 0.6) is 0 Å². The van der Waals surface area contributed by atoms with Crippen molar-refractivity contribution in [3.8, 4) is 0 Å². The van der Waals surface area contributed by atoms with E-state index in [1.54, 1.807) is 7.05 Å². The van der Waals surface area contributed by atoms with Crippen LogP contribution >= 0.6 is 0 Å².